The molecule has 0 radical (unpaired) electrons. The number of benzene rings is 1. The first-order valence-corrected chi connectivity index (χ1v) is 10.7. The first-order chi connectivity index (χ1) is 11.1. The van der Waals surface area contributed by atoms with Gasteiger partial charge in [0.15, 0.2) is 0 Å². The first-order valence-electron chi connectivity index (χ1n) is 7.85. The van der Waals surface area contributed by atoms with Crippen molar-refractivity contribution in [3.8, 4) is 0 Å². The van der Waals surface area contributed by atoms with Crippen LogP contribution in [0.5, 0.6) is 0 Å². The minimum absolute atomic E-state index is 0. The summed E-state index contributed by atoms with van der Waals surface area (Å²) in [5.41, 5.74) is 5.89. The summed E-state index contributed by atoms with van der Waals surface area (Å²) in [4.78, 5) is -0.0243. The molecule has 2 rings (SSSR count). The molecule has 144 valence electrons. The lowest BCUT2D eigenvalue weighted by Gasteiger charge is -2.33. The highest BCUT2D eigenvalue weighted by Crippen LogP contribution is 2.26. The van der Waals surface area contributed by atoms with Crippen LogP contribution in [0.4, 0.5) is 0 Å². The molecule has 10 heteroatoms. The van der Waals surface area contributed by atoms with Crippen molar-refractivity contribution in [3.05, 3.63) is 24.3 Å². The fourth-order valence-corrected chi connectivity index (χ4v) is 5.34. The molecule has 1 aromatic carbocycles. The third kappa shape index (κ3) is 4.72. The molecule has 1 atom stereocenters. The Morgan fingerprint density at radius 3 is 2.12 bits per heavy atom. The zero-order valence-corrected chi connectivity index (χ0v) is 17.1. The van der Waals surface area contributed by atoms with Crippen LogP contribution in [0.2, 0.25) is 0 Å². The van der Waals surface area contributed by atoms with Crippen LogP contribution in [0.15, 0.2) is 34.1 Å². The van der Waals surface area contributed by atoms with Crippen molar-refractivity contribution in [1.29, 1.82) is 0 Å². The minimum atomic E-state index is -3.71. The Kier molecular flexibility index (Phi) is 7.43. The Balaban J connectivity index is 0.00000312. The maximum absolute atomic E-state index is 12.8. The molecule has 1 unspecified atom stereocenters. The van der Waals surface area contributed by atoms with Crippen LogP contribution in [0.3, 0.4) is 0 Å². The molecular formula is C15H26ClN3O4S2. The second-order valence-electron chi connectivity index (χ2n) is 6.36. The molecule has 0 saturated carbocycles. The molecule has 0 spiro atoms. The van der Waals surface area contributed by atoms with Gasteiger partial charge in [-0.15, -0.1) is 12.4 Å². The summed E-state index contributed by atoms with van der Waals surface area (Å²) in [5, 5.41) is 0. The van der Waals surface area contributed by atoms with Gasteiger partial charge in [-0.25, -0.2) is 21.1 Å². The van der Waals surface area contributed by atoms with Crippen molar-refractivity contribution >= 4 is 32.5 Å². The highest BCUT2D eigenvalue weighted by Gasteiger charge is 2.31. The summed E-state index contributed by atoms with van der Waals surface area (Å²) in [5.74, 6) is 0.317. The van der Waals surface area contributed by atoms with E-state index in [0.29, 0.717) is 31.8 Å². The van der Waals surface area contributed by atoms with Gasteiger partial charge in [0.25, 0.3) is 0 Å². The van der Waals surface area contributed by atoms with Gasteiger partial charge in [-0.2, -0.15) is 4.31 Å². The largest absolute Gasteiger partial charge is 0.328 e. The topological polar surface area (TPSA) is 101 Å². The van der Waals surface area contributed by atoms with Crippen LogP contribution < -0.4 is 5.73 Å². The molecule has 25 heavy (non-hydrogen) atoms. The van der Waals surface area contributed by atoms with E-state index in [0.717, 1.165) is 4.31 Å². The first kappa shape index (κ1) is 22.3. The smallest absolute Gasteiger partial charge is 0.243 e. The third-order valence-corrected chi connectivity index (χ3v) is 8.17. The van der Waals surface area contributed by atoms with Crippen LogP contribution in [-0.4, -0.2) is 58.7 Å². The molecule has 1 fully saturated rings. The van der Waals surface area contributed by atoms with Gasteiger partial charge >= 0.3 is 0 Å². The number of halogens is 1. The Bertz CT molecular complexity index is 787. The Morgan fingerprint density at radius 1 is 1.12 bits per heavy atom. The van der Waals surface area contributed by atoms with Crippen molar-refractivity contribution in [2.75, 3.05) is 27.2 Å². The maximum atomic E-state index is 12.8. The third-order valence-electron chi connectivity index (χ3n) is 4.46. The fraction of sp³-hybridized carbons (Fsp3) is 0.600. The van der Waals surface area contributed by atoms with E-state index in [2.05, 4.69) is 0 Å². The molecule has 1 aliphatic heterocycles. The van der Waals surface area contributed by atoms with E-state index in [1.54, 1.807) is 0 Å². The summed E-state index contributed by atoms with van der Waals surface area (Å²) < 4.78 is 52.5. The van der Waals surface area contributed by atoms with E-state index < -0.39 is 20.0 Å². The van der Waals surface area contributed by atoms with Crippen molar-refractivity contribution < 1.29 is 16.8 Å². The molecule has 0 aromatic heterocycles. The molecule has 1 aromatic rings. The Morgan fingerprint density at radius 2 is 1.64 bits per heavy atom. The number of rotatable bonds is 5. The number of sulfonamides is 2. The van der Waals surface area contributed by atoms with E-state index in [1.807, 2.05) is 6.92 Å². The van der Waals surface area contributed by atoms with E-state index >= 15 is 0 Å². The SMILES string of the molecule is CC(N)C1CCN(S(=O)(=O)c2cccc(S(=O)(=O)N(C)C)c2)CC1.Cl. The van der Waals surface area contributed by atoms with Crippen LogP contribution in [0, 0.1) is 5.92 Å². The normalized spacial score (nSPS) is 18.8. The molecule has 1 heterocycles. The average Bonchev–Trinajstić information content (AvgIpc) is 2.54. The highest BCUT2D eigenvalue weighted by molar-refractivity contribution is 7.90. The molecule has 0 aliphatic carbocycles. The lowest BCUT2D eigenvalue weighted by Crippen LogP contribution is -2.42. The van der Waals surface area contributed by atoms with Gasteiger partial charge in [0.05, 0.1) is 9.79 Å². The van der Waals surface area contributed by atoms with Gasteiger partial charge < -0.3 is 5.73 Å². The molecule has 1 aliphatic rings. The molecule has 0 amide bonds. The molecule has 0 bridgehead atoms. The molecule has 1 saturated heterocycles. The monoisotopic (exact) mass is 411 g/mol. The fourth-order valence-electron chi connectivity index (χ4n) is 2.80. The highest BCUT2D eigenvalue weighted by atomic mass is 35.5. The zero-order chi connectivity index (χ0) is 18.1. The maximum Gasteiger partial charge on any atom is 0.243 e. The van der Waals surface area contributed by atoms with Crippen molar-refractivity contribution in [3.63, 3.8) is 0 Å². The van der Waals surface area contributed by atoms with E-state index in [-0.39, 0.29) is 28.2 Å². The van der Waals surface area contributed by atoms with Gasteiger partial charge in [0.2, 0.25) is 20.0 Å². The van der Waals surface area contributed by atoms with Crippen molar-refractivity contribution in [2.45, 2.75) is 35.6 Å². The van der Waals surface area contributed by atoms with Crippen LogP contribution >= 0.6 is 12.4 Å². The minimum Gasteiger partial charge on any atom is -0.328 e. The quantitative estimate of drug-likeness (QED) is 0.781. The number of hydrogen-bond acceptors (Lipinski definition) is 5. The van der Waals surface area contributed by atoms with Gasteiger partial charge in [0.1, 0.15) is 0 Å². The van der Waals surface area contributed by atoms with Crippen LogP contribution in [0.1, 0.15) is 19.8 Å². The summed E-state index contributed by atoms with van der Waals surface area (Å²) >= 11 is 0. The summed E-state index contributed by atoms with van der Waals surface area (Å²) in [6, 6.07) is 5.56. The number of nitrogens with two attached hydrogens (primary N) is 1. The molecule has 2 N–H and O–H groups in total. The summed E-state index contributed by atoms with van der Waals surface area (Å²) in [7, 11) is -4.56. The zero-order valence-electron chi connectivity index (χ0n) is 14.6. The lowest BCUT2D eigenvalue weighted by atomic mass is 9.92. The molecule has 7 nitrogen and oxygen atoms in total. The van der Waals surface area contributed by atoms with Crippen molar-refractivity contribution in [1.82, 2.24) is 8.61 Å². The number of nitrogens with zero attached hydrogens (tertiary/aromatic N) is 2. The standard InChI is InChI=1S/C15H25N3O4S2.ClH/c1-12(16)13-7-9-18(10-8-13)24(21,22)15-6-4-5-14(11-15)23(19,20)17(2)3;/h4-6,11-13H,7-10,16H2,1-3H3;1H. The average molecular weight is 412 g/mol. The number of hydrogen-bond donors (Lipinski definition) is 1. The van der Waals surface area contributed by atoms with Gasteiger partial charge in [0, 0.05) is 33.2 Å². The van der Waals surface area contributed by atoms with E-state index in [9.17, 15) is 16.8 Å². The van der Waals surface area contributed by atoms with Crippen LogP contribution in [-0.2, 0) is 20.0 Å². The number of piperidine rings is 1. The van der Waals surface area contributed by atoms with Crippen LogP contribution in [0.25, 0.3) is 0 Å². The summed E-state index contributed by atoms with van der Waals surface area (Å²) in [6.07, 6.45) is 1.43. The van der Waals surface area contributed by atoms with E-state index in [4.69, 9.17) is 5.73 Å². The Hall–Kier alpha value is -0.710. The van der Waals surface area contributed by atoms with E-state index in [1.165, 1.54) is 42.7 Å². The van der Waals surface area contributed by atoms with Gasteiger partial charge in [-0.3, -0.25) is 0 Å². The predicted octanol–water partition coefficient (Wildman–Crippen LogP) is 1.11. The Labute approximate surface area is 156 Å². The molecular weight excluding hydrogens is 386 g/mol. The lowest BCUT2D eigenvalue weighted by molar-refractivity contribution is 0.250. The second kappa shape index (κ2) is 8.32. The predicted molar refractivity (Wildman–Crippen MR) is 99.7 cm³/mol. The van der Waals surface area contributed by atoms with Gasteiger partial charge in [-0.05, 0) is 43.9 Å². The van der Waals surface area contributed by atoms with Crippen molar-refractivity contribution in [2.24, 2.45) is 11.7 Å². The van der Waals surface area contributed by atoms with Gasteiger partial charge in [-0.1, -0.05) is 6.07 Å². The second-order valence-corrected chi connectivity index (χ2v) is 10.5. The summed E-state index contributed by atoms with van der Waals surface area (Å²) in [6.45, 7) is 2.74.